The minimum absolute atomic E-state index is 0.0466. The zero-order chi connectivity index (χ0) is 25.0. The van der Waals surface area contributed by atoms with Crippen LogP contribution >= 0.6 is 0 Å². The molecule has 0 radical (unpaired) electrons. The molecule has 0 atom stereocenters. The number of ether oxygens (including phenoxy) is 3. The monoisotopic (exact) mass is 485 g/mol. The van der Waals surface area contributed by atoms with Crippen LogP contribution in [0.2, 0.25) is 0 Å². The number of carbonyl (C=O) groups is 1. The predicted molar refractivity (Wildman–Crippen MR) is 118 cm³/mol. The molecular formula is C24H18F3N3O5. The van der Waals surface area contributed by atoms with Gasteiger partial charge in [0.1, 0.15) is 17.2 Å². The Morgan fingerprint density at radius 1 is 0.886 bits per heavy atom. The molecule has 11 heteroatoms. The van der Waals surface area contributed by atoms with Crippen LogP contribution in [0.15, 0.2) is 72.8 Å². The van der Waals surface area contributed by atoms with Crippen molar-refractivity contribution in [1.29, 1.82) is 0 Å². The van der Waals surface area contributed by atoms with Crippen molar-refractivity contribution in [3.05, 3.63) is 84.1 Å². The van der Waals surface area contributed by atoms with Crippen molar-refractivity contribution < 1.29 is 37.3 Å². The summed E-state index contributed by atoms with van der Waals surface area (Å²) in [5.74, 6) is -0.655. The summed E-state index contributed by atoms with van der Waals surface area (Å²) < 4.78 is 53.2. The Labute approximate surface area is 197 Å². The van der Waals surface area contributed by atoms with Gasteiger partial charge in [-0.1, -0.05) is 41.6 Å². The van der Waals surface area contributed by atoms with Crippen molar-refractivity contribution in [1.82, 2.24) is 15.0 Å². The van der Waals surface area contributed by atoms with Gasteiger partial charge in [-0.15, -0.1) is 18.3 Å². The fraction of sp³-hybridized carbons (Fsp3) is 0.125. The van der Waals surface area contributed by atoms with E-state index in [4.69, 9.17) is 9.47 Å². The molecule has 1 aromatic heterocycles. The number of halogens is 3. The molecule has 0 aliphatic rings. The van der Waals surface area contributed by atoms with Crippen molar-refractivity contribution in [2.45, 2.75) is 12.9 Å². The van der Waals surface area contributed by atoms with Gasteiger partial charge in [-0.2, -0.15) is 0 Å². The van der Waals surface area contributed by atoms with Crippen molar-refractivity contribution in [2.24, 2.45) is 0 Å². The molecular weight excluding hydrogens is 467 g/mol. The first-order chi connectivity index (χ1) is 16.7. The lowest BCUT2D eigenvalue weighted by Gasteiger charge is -2.11. The maximum absolute atomic E-state index is 12.3. The Balaban J connectivity index is 1.52. The molecule has 0 aliphatic heterocycles. The van der Waals surface area contributed by atoms with Gasteiger partial charge in [0.2, 0.25) is 5.69 Å². The van der Waals surface area contributed by atoms with Gasteiger partial charge in [0.15, 0.2) is 0 Å². The molecule has 0 saturated carbocycles. The van der Waals surface area contributed by atoms with E-state index in [-0.39, 0.29) is 23.9 Å². The van der Waals surface area contributed by atoms with E-state index < -0.39 is 12.3 Å². The fourth-order valence-electron chi connectivity index (χ4n) is 3.22. The molecule has 0 aliphatic carbocycles. The average molecular weight is 485 g/mol. The third-order valence-electron chi connectivity index (χ3n) is 4.87. The normalized spacial score (nSPS) is 11.2. The molecule has 3 aromatic carbocycles. The van der Waals surface area contributed by atoms with Crippen LogP contribution in [-0.4, -0.2) is 39.5 Å². The van der Waals surface area contributed by atoms with Crippen LogP contribution in [0.5, 0.6) is 23.1 Å². The van der Waals surface area contributed by atoms with Crippen LogP contribution in [0.3, 0.4) is 0 Å². The summed E-state index contributed by atoms with van der Waals surface area (Å²) in [5, 5.41) is 17.1. The molecule has 0 amide bonds. The van der Waals surface area contributed by atoms with E-state index in [0.717, 1.165) is 5.56 Å². The van der Waals surface area contributed by atoms with E-state index in [2.05, 4.69) is 15.0 Å². The zero-order valence-electron chi connectivity index (χ0n) is 18.2. The summed E-state index contributed by atoms with van der Waals surface area (Å²) in [7, 11) is 1.56. The molecule has 35 heavy (non-hydrogen) atoms. The van der Waals surface area contributed by atoms with Crippen LogP contribution < -0.4 is 14.2 Å². The van der Waals surface area contributed by atoms with Crippen LogP contribution in [0, 0.1) is 0 Å². The fourth-order valence-corrected chi connectivity index (χ4v) is 3.22. The molecule has 0 bridgehead atoms. The third kappa shape index (κ3) is 5.88. The Morgan fingerprint density at radius 3 is 1.94 bits per heavy atom. The smallest absolute Gasteiger partial charge is 0.497 e. The molecule has 0 unspecified atom stereocenters. The first kappa shape index (κ1) is 23.6. The highest BCUT2D eigenvalue weighted by Crippen LogP contribution is 2.30. The summed E-state index contributed by atoms with van der Waals surface area (Å²) >= 11 is 0. The summed E-state index contributed by atoms with van der Waals surface area (Å²) in [6, 6.07) is 19.2. The van der Waals surface area contributed by atoms with Crippen LogP contribution in [0.1, 0.15) is 16.1 Å². The minimum Gasteiger partial charge on any atom is -0.497 e. The van der Waals surface area contributed by atoms with Crippen molar-refractivity contribution in [2.75, 3.05) is 7.11 Å². The maximum Gasteiger partial charge on any atom is 0.573 e. The lowest BCUT2D eigenvalue weighted by molar-refractivity contribution is -0.274. The standard InChI is InChI=1S/C24H18F3N3O5/c1-33-18-8-2-15(3-9-18)14-30-22(21(23(31)32)28-29-30)34-19-10-4-16(5-11-19)17-6-12-20(13-7-17)35-24(25,26)27/h2-13H,14H2,1H3,(H,31,32). The van der Waals surface area contributed by atoms with Crippen LogP contribution in [-0.2, 0) is 6.54 Å². The number of carboxylic acid groups (broad SMARTS) is 1. The lowest BCUT2D eigenvalue weighted by atomic mass is 10.1. The highest BCUT2D eigenvalue weighted by atomic mass is 19.4. The van der Waals surface area contributed by atoms with Gasteiger partial charge in [0.25, 0.3) is 5.88 Å². The zero-order valence-corrected chi connectivity index (χ0v) is 18.2. The van der Waals surface area contributed by atoms with Gasteiger partial charge in [-0.3, -0.25) is 0 Å². The molecule has 4 rings (SSSR count). The summed E-state index contributed by atoms with van der Waals surface area (Å²) in [6.07, 6.45) is -4.76. The van der Waals surface area contributed by atoms with Gasteiger partial charge >= 0.3 is 12.3 Å². The van der Waals surface area contributed by atoms with Gasteiger partial charge in [-0.05, 0) is 53.1 Å². The van der Waals surface area contributed by atoms with E-state index in [1.807, 2.05) is 12.1 Å². The quantitative estimate of drug-likeness (QED) is 0.357. The average Bonchev–Trinajstić information content (AvgIpc) is 3.22. The second kappa shape index (κ2) is 9.75. The first-order valence-corrected chi connectivity index (χ1v) is 10.2. The van der Waals surface area contributed by atoms with Gasteiger partial charge < -0.3 is 19.3 Å². The highest BCUT2D eigenvalue weighted by Gasteiger charge is 2.31. The summed E-state index contributed by atoms with van der Waals surface area (Å²) in [6.45, 7) is 0.212. The van der Waals surface area contributed by atoms with Gasteiger partial charge in [0.05, 0.1) is 13.7 Å². The van der Waals surface area contributed by atoms with E-state index >= 15 is 0 Å². The number of methoxy groups -OCH3 is 1. The molecule has 1 N–H and O–H groups in total. The molecule has 4 aromatic rings. The van der Waals surface area contributed by atoms with E-state index in [9.17, 15) is 23.1 Å². The molecule has 1 heterocycles. The van der Waals surface area contributed by atoms with Crippen LogP contribution in [0.4, 0.5) is 13.2 Å². The first-order valence-electron chi connectivity index (χ1n) is 10.2. The number of alkyl halides is 3. The highest BCUT2D eigenvalue weighted by molar-refractivity contribution is 5.87. The molecule has 8 nitrogen and oxygen atoms in total. The second-order valence-electron chi connectivity index (χ2n) is 7.25. The lowest BCUT2D eigenvalue weighted by Crippen LogP contribution is -2.16. The molecule has 0 fully saturated rings. The Morgan fingerprint density at radius 2 is 1.43 bits per heavy atom. The van der Waals surface area contributed by atoms with Crippen molar-refractivity contribution >= 4 is 5.97 Å². The second-order valence-corrected chi connectivity index (χ2v) is 7.25. The number of hydrogen-bond donors (Lipinski definition) is 1. The Hall–Kier alpha value is -4.54. The largest absolute Gasteiger partial charge is 0.573 e. The minimum atomic E-state index is -4.76. The van der Waals surface area contributed by atoms with Gasteiger partial charge in [0, 0.05) is 0 Å². The van der Waals surface area contributed by atoms with Crippen molar-refractivity contribution in [3.8, 4) is 34.3 Å². The number of aromatic nitrogens is 3. The number of rotatable bonds is 8. The maximum atomic E-state index is 12.3. The SMILES string of the molecule is COc1ccc(Cn2nnc(C(=O)O)c2Oc2ccc(-c3ccc(OC(F)(F)F)cc3)cc2)cc1. The number of hydrogen-bond acceptors (Lipinski definition) is 6. The predicted octanol–water partition coefficient (Wildman–Crippen LogP) is 5.39. The Kier molecular flexibility index (Phi) is 6.58. The number of carboxylic acids is 1. The third-order valence-corrected chi connectivity index (χ3v) is 4.87. The molecule has 0 spiro atoms. The number of aromatic carboxylic acids is 1. The number of benzene rings is 3. The topological polar surface area (TPSA) is 95.7 Å². The molecule has 0 saturated heterocycles. The van der Waals surface area contributed by atoms with E-state index in [1.54, 1.807) is 43.5 Å². The summed E-state index contributed by atoms with van der Waals surface area (Å²) in [5.41, 5.74) is 1.84. The van der Waals surface area contributed by atoms with E-state index in [0.29, 0.717) is 22.6 Å². The summed E-state index contributed by atoms with van der Waals surface area (Å²) in [4.78, 5) is 11.6. The molecule has 180 valence electrons. The Bertz CT molecular complexity index is 1300. The van der Waals surface area contributed by atoms with Crippen molar-refractivity contribution in [3.63, 3.8) is 0 Å². The van der Waals surface area contributed by atoms with E-state index in [1.165, 1.54) is 28.9 Å². The van der Waals surface area contributed by atoms with Crippen LogP contribution in [0.25, 0.3) is 11.1 Å². The van der Waals surface area contributed by atoms with Gasteiger partial charge in [-0.25, -0.2) is 9.48 Å². The number of nitrogens with zero attached hydrogens (tertiary/aromatic N) is 3.